The highest BCUT2D eigenvalue weighted by molar-refractivity contribution is 4.85. The molecule has 0 saturated carbocycles. The predicted octanol–water partition coefficient (Wildman–Crippen LogP) is 1.25. The van der Waals surface area contributed by atoms with Crippen molar-refractivity contribution in [3.63, 3.8) is 0 Å². The molecule has 0 aromatic heterocycles. The van der Waals surface area contributed by atoms with Crippen LogP contribution in [-0.2, 0) is 4.74 Å². The number of aliphatic hydroxyl groups excluding tert-OH is 1. The van der Waals surface area contributed by atoms with E-state index in [1.807, 2.05) is 0 Å². The number of rotatable bonds is 3. The second-order valence-corrected chi connectivity index (χ2v) is 4.63. The molecule has 2 unspecified atom stereocenters. The van der Waals surface area contributed by atoms with Crippen LogP contribution in [0.15, 0.2) is 0 Å². The molecule has 1 rings (SSSR count). The van der Waals surface area contributed by atoms with Gasteiger partial charge in [0.1, 0.15) is 0 Å². The molecule has 1 saturated heterocycles. The van der Waals surface area contributed by atoms with Crippen LogP contribution >= 0.6 is 0 Å². The zero-order chi connectivity index (χ0) is 10.7. The quantitative estimate of drug-likeness (QED) is 0.746. The van der Waals surface area contributed by atoms with Crippen LogP contribution in [0, 0.1) is 0 Å². The van der Waals surface area contributed by atoms with E-state index in [4.69, 9.17) is 4.74 Å². The maximum Gasteiger partial charge on any atom is 0.0929 e. The summed E-state index contributed by atoms with van der Waals surface area (Å²) in [4.78, 5) is 2.38. The average molecular weight is 201 g/mol. The number of nitrogens with zero attached hydrogens (tertiary/aromatic N) is 1. The van der Waals surface area contributed by atoms with E-state index in [2.05, 4.69) is 32.6 Å². The zero-order valence-corrected chi connectivity index (χ0v) is 9.73. The lowest BCUT2D eigenvalue weighted by Gasteiger charge is -2.42. The highest BCUT2D eigenvalue weighted by atomic mass is 16.5. The van der Waals surface area contributed by atoms with Gasteiger partial charge < -0.3 is 9.84 Å². The van der Waals surface area contributed by atoms with Gasteiger partial charge in [0.05, 0.1) is 12.7 Å². The fraction of sp³-hybridized carbons (Fsp3) is 1.00. The highest BCUT2D eigenvalue weighted by Gasteiger charge is 2.32. The number of ether oxygens (including phenoxy) is 1. The molecule has 1 fully saturated rings. The highest BCUT2D eigenvalue weighted by Crippen LogP contribution is 2.20. The van der Waals surface area contributed by atoms with Gasteiger partial charge in [-0.05, 0) is 34.1 Å². The Balaban J connectivity index is 2.65. The molecule has 0 spiro atoms. The van der Waals surface area contributed by atoms with Gasteiger partial charge >= 0.3 is 0 Å². The first-order chi connectivity index (χ1) is 6.54. The van der Waals surface area contributed by atoms with Gasteiger partial charge in [-0.3, -0.25) is 4.90 Å². The Morgan fingerprint density at radius 2 is 1.79 bits per heavy atom. The fourth-order valence-corrected chi connectivity index (χ4v) is 2.42. The van der Waals surface area contributed by atoms with E-state index >= 15 is 0 Å². The molecule has 1 aliphatic heterocycles. The topological polar surface area (TPSA) is 32.7 Å². The minimum atomic E-state index is -0.325. The first-order valence-electron chi connectivity index (χ1n) is 5.57. The van der Waals surface area contributed by atoms with Gasteiger partial charge in [-0.1, -0.05) is 0 Å². The van der Waals surface area contributed by atoms with Crippen molar-refractivity contribution in [2.24, 2.45) is 0 Å². The lowest BCUT2D eigenvalue weighted by atomic mass is 10.0. The number of hydrogen-bond acceptors (Lipinski definition) is 3. The number of aliphatic hydroxyl groups is 1. The first kappa shape index (κ1) is 12.0. The van der Waals surface area contributed by atoms with Crippen molar-refractivity contribution in [1.29, 1.82) is 0 Å². The summed E-state index contributed by atoms with van der Waals surface area (Å²) in [6.07, 6.45) is 0.617. The summed E-state index contributed by atoms with van der Waals surface area (Å²) in [6.45, 7) is 9.99. The van der Waals surface area contributed by atoms with Gasteiger partial charge in [-0.25, -0.2) is 0 Å². The van der Waals surface area contributed by atoms with Crippen molar-refractivity contribution in [2.45, 2.75) is 58.3 Å². The minimum absolute atomic E-state index is 0.267. The standard InChI is InChI=1S/C11H23NO2/c1-8(2)12(9(3)4)10-5-6-14-7-11(10)13/h8-11,13H,5-7H2,1-4H3. The minimum Gasteiger partial charge on any atom is -0.389 e. The average Bonchev–Trinajstić information content (AvgIpc) is 2.07. The molecule has 2 atom stereocenters. The molecule has 1 N–H and O–H groups in total. The van der Waals surface area contributed by atoms with Crippen molar-refractivity contribution in [3.05, 3.63) is 0 Å². The second kappa shape index (κ2) is 5.10. The molecule has 14 heavy (non-hydrogen) atoms. The van der Waals surface area contributed by atoms with Crippen LogP contribution in [0.3, 0.4) is 0 Å². The molecule has 0 amide bonds. The summed E-state index contributed by atoms with van der Waals surface area (Å²) in [5, 5.41) is 9.87. The summed E-state index contributed by atoms with van der Waals surface area (Å²) in [5.74, 6) is 0. The predicted molar refractivity (Wildman–Crippen MR) is 57.3 cm³/mol. The maximum atomic E-state index is 9.87. The van der Waals surface area contributed by atoms with Crippen molar-refractivity contribution in [2.75, 3.05) is 13.2 Å². The Labute approximate surface area is 87.1 Å². The first-order valence-corrected chi connectivity index (χ1v) is 5.57. The summed E-state index contributed by atoms with van der Waals surface area (Å²) in [7, 11) is 0. The molecule has 3 heteroatoms. The van der Waals surface area contributed by atoms with Crippen LogP contribution in [0.25, 0.3) is 0 Å². The molecule has 0 aromatic carbocycles. The molecule has 3 nitrogen and oxygen atoms in total. The van der Waals surface area contributed by atoms with E-state index in [0.717, 1.165) is 13.0 Å². The number of hydrogen-bond donors (Lipinski definition) is 1. The van der Waals surface area contributed by atoms with Gasteiger partial charge in [0.2, 0.25) is 0 Å². The Morgan fingerprint density at radius 1 is 1.21 bits per heavy atom. The molecule has 0 aliphatic carbocycles. The van der Waals surface area contributed by atoms with E-state index in [1.54, 1.807) is 0 Å². The van der Waals surface area contributed by atoms with Crippen molar-refractivity contribution in [3.8, 4) is 0 Å². The van der Waals surface area contributed by atoms with Crippen molar-refractivity contribution >= 4 is 0 Å². The molecular formula is C11H23NO2. The lowest BCUT2D eigenvalue weighted by Crippen LogP contribution is -2.54. The molecule has 1 heterocycles. The Hall–Kier alpha value is -0.120. The third kappa shape index (κ3) is 2.69. The fourth-order valence-electron chi connectivity index (χ4n) is 2.42. The monoisotopic (exact) mass is 201 g/mol. The Morgan fingerprint density at radius 3 is 2.21 bits per heavy atom. The van der Waals surface area contributed by atoms with Crippen LogP contribution < -0.4 is 0 Å². The van der Waals surface area contributed by atoms with Crippen LogP contribution in [0.5, 0.6) is 0 Å². The molecular weight excluding hydrogens is 178 g/mol. The molecule has 0 bridgehead atoms. The van der Waals surface area contributed by atoms with E-state index < -0.39 is 0 Å². The van der Waals surface area contributed by atoms with Crippen molar-refractivity contribution in [1.82, 2.24) is 4.90 Å². The van der Waals surface area contributed by atoms with Crippen LogP contribution in [-0.4, -0.2) is 47.4 Å². The maximum absolute atomic E-state index is 9.87. The van der Waals surface area contributed by atoms with Crippen LogP contribution in [0.4, 0.5) is 0 Å². The van der Waals surface area contributed by atoms with E-state index in [0.29, 0.717) is 18.7 Å². The smallest absolute Gasteiger partial charge is 0.0929 e. The molecule has 0 radical (unpaired) electrons. The zero-order valence-electron chi connectivity index (χ0n) is 9.73. The van der Waals surface area contributed by atoms with Crippen LogP contribution in [0.2, 0.25) is 0 Å². The SMILES string of the molecule is CC(C)N(C(C)C)C1CCOCC1O. The Bertz CT molecular complexity index is 163. The third-order valence-electron chi connectivity index (χ3n) is 2.87. The van der Waals surface area contributed by atoms with Gasteiger partial charge in [0.15, 0.2) is 0 Å². The normalized spacial score (nSPS) is 29.1. The van der Waals surface area contributed by atoms with Gasteiger partial charge in [-0.15, -0.1) is 0 Å². The lowest BCUT2D eigenvalue weighted by molar-refractivity contribution is -0.0801. The van der Waals surface area contributed by atoms with Gasteiger partial charge in [0, 0.05) is 24.7 Å². The van der Waals surface area contributed by atoms with Gasteiger partial charge in [-0.2, -0.15) is 0 Å². The molecule has 84 valence electrons. The molecule has 1 aliphatic rings. The summed E-state index contributed by atoms with van der Waals surface area (Å²) >= 11 is 0. The third-order valence-corrected chi connectivity index (χ3v) is 2.87. The van der Waals surface area contributed by atoms with E-state index in [1.165, 1.54) is 0 Å². The largest absolute Gasteiger partial charge is 0.389 e. The second-order valence-electron chi connectivity index (χ2n) is 4.63. The van der Waals surface area contributed by atoms with E-state index in [9.17, 15) is 5.11 Å². The van der Waals surface area contributed by atoms with Crippen LogP contribution in [0.1, 0.15) is 34.1 Å². The summed E-state index contributed by atoms with van der Waals surface area (Å²) in [6, 6.07) is 1.23. The van der Waals surface area contributed by atoms with Crippen molar-refractivity contribution < 1.29 is 9.84 Å². The summed E-state index contributed by atoms with van der Waals surface area (Å²) < 4.78 is 5.24. The summed E-state index contributed by atoms with van der Waals surface area (Å²) in [5.41, 5.74) is 0. The van der Waals surface area contributed by atoms with Gasteiger partial charge in [0.25, 0.3) is 0 Å². The van der Waals surface area contributed by atoms with E-state index in [-0.39, 0.29) is 12.1 Å². The molecule has 0 aromatic rings. The Kier molecular flexibility index (Phi) is 4.35.